The normalized spacial score (nSPS) is 13.6. The van der Waals surface area contributed by atoms with Gasteiger partial charge in [-0.1, -0.05) is 11.6 Å². The molecular weight excluding hydrogens is 475 g/mol. The molecule has 1 aliphatic rings. The summed E-state index contributed by atoms with van der Waals surface area (Å²) in [4.78, 5) is 26.4. The van der Waals surface area contributed by atoms with E-state index >= 15 is 0 Å². The molecule has 0 bridgehead atoms. The summed E-state index contributed by atoms with van der Waals surface area (Å²) >= 11 is 6.16. The lowest BCUT2D eigenvalue weighted by atomic mass is 10.2. The van der Waals surface area contributed by atoms with E-state index in [1.165, 1.54) is 6.21 Å². The number of morpholine rings is 1. The van der Waals surface area contributed by atoms with E-state index in [9.17, 15) is 9.18 Å². The fourth-order valence-corrected chi connectivity index (χ4v) is 3.58. The number of aromatic nitrogens is 3. The summed E-state index contributed by atoms with van der Waals surface area (Å²) in [5.74, 6) is -0.307. The highest BCUT2D eigenvalue weighted by Gasteiger charge is 2.17. The molecule has 3 aromatic rings. The number of nitrogens with one attached hydrogen (secondary N) is 3. The van der Waals surface area contributed by atoms with E-state index in [1.54, 1.807) is 30.5 Å². The minimum atomic E-state index is -0.496. The van der Waals surface area contributed by atoms with Gasteiger partial charge in [0, 0.05) is 35.9 Å². The molecule has 0 atom stereocenters. The van der Waals surface area contributed by atoms with Crippen LogP contribution in [-0.4, -0.2) is 59.9 Å². The van der Waals surface area contributed by atoms with Crippen molar-refractivity contribution in [1.82, 2.24) is 20.3 Å². The van der Waals surface area contributed by atoms with Crippen molar-refractivity contribution in [3.63, 3.8) is 0 Å². The molecule has 4 rings (SSSR count). The summed E-state index contributed by atoms with van der Waals surface area (Å²) < 4.78 is 19.4. The van der Waals surface area contributed by atoms with Gasteiger partial charge < -0.3 is 20.3 Å². The second-order valence-corrected chi connectivity index (χ2v) is 7.96. The average molecular weight is 499 g/mol. The molecule has 0 aliphatic carbocycles. The number of amides is 1. The highest BCUT2D eigenvalue weighted by Crippen LogP contribution is 2.23. The fraction of sp³-hybridized carbons (Fsp3) is 0.261. The third kappa shape index (κ3) is 6.61. The highest BCUT2D eigenvalue weighted by atomic mass is 35.5. The standard InChI is InChI=1S/C23H24ClFN8O2/c1-2-26-22(34)15-9-16(24)11-19(10-15)30-18-4-3-17(27-12-18)13-29-32-23-28-14-20(25)21(31-23)33-5-7-35-8-6-33/h3-4,9-14,30H,2,5-8H2,1H3,(H,26,34)(H,28,31,32)/b29-13+. The molecule has 0 unspecified atom stereocenters. The second kappa shape index (κ2) is 11.5. The Kier molecular flexibility index (Phi) is 8.01. The molecule has 182 valence electrons. The predicted molar refractivity (Wildman–Crippen MR) is 133 cm³/mol. The molecule has 0 spiro atoms. The summed E-state index contributed by atoms with van der Waals surface area (Å²) in [6.45, 7) is 4.54. The van der Waals surface area contributed by atoms with Crippen LogP contribution in [0.5, 0.6) is 0 Å². The Hall–Kier alpha value is -3.83. The van der Waals surface area contributed by atoms with E-state index in [0.29, 0.717) is 60.5 Å². The number of nitrogens with zero attached hydrogens (tertiary/aromatic N) is 5. The molecule has 3 heterocycles. The summed E-state index contributed by atoms with van der Waals surface area (Å²) in [7, 11) is 0. The Morgan fingerprint density at radius 1 is 1.20 bits per heavy atom. The molecule has 3 N–H and O–H groups in total. The SMILES string of the molecule is CCNC(=O)c1cc(Cl)cc(Nc2ccc(/C=N/Nc3ncc(F)c(N4CCOCC4)n3)nc2)c1. The molecule has 2 aromatic heterocycles. The quantitative estimate of drug-likeness (QED) is 0.319. The first-order valence-electron chi connectivity index (χ1n) is 11.0. The predicted octanol–water partition coefficient (Wildman–Crippen LogP) is 3.44. The van der Waals surface area contributed by atoms with Crippen molar-refractivity contribution in [2.24, 2.45) is 5.10 Å². The van der Waals surface area contributed by atoms with Gasteiger partial charge in [0.05, 0.1) is 43.2 Å². The number of benzene rings is 1. The summed E-state index contributed by atoms with van der Waals surface area (Å²) in [5, 5.41) is 10.5. The maximum atomic E-state index is 14.1. The number of anilines is 4. The Labute approximate surface area is 206 Å². The van der Waals surface area contributed by atoms with Crippen LogP contribution < -0.4 is 21.0 Å². The van der Waals surface area contributed by atoms with E-state index < -0.39 is 5.82 Å². The van der Waals surface area contributed by atoms with Crippen LogP contribution in [0.3, 0.4) is 0 Å². The Bertz CT molecular complexity index is 1200. The van der Waals surface area contributed by atoms with E-state index in [-0.39, 0.29) is 17.7 Å². The molecule has 10 nitrogen and oxygen atoms in total. The molecule has 12 heteroatoms. The number of hydrogen-bond acceptors (Lipinski definition) is 9. The smallest absolute Gasteiger partial charge is 0.251 e. The maximum absolute atomic E-state index is 14.1. The largest absolute Gasteiger partial charge is 0.378 e. The van der Waals surface area contributed by atoms with Crippen LogP contribution in [0.2, 0.25) is 5.02 Å². The summed E-state index contributed by atoms with van der Waals surface area (Å²) in [5.41, 5.74) is 5.11. The van der Waals surface area contributed by atoms with Crippen molar-refractivity contribution in [3.05, 3.63) is 64.8 Å². The van der Waals surface area contributed by atoms with Crippen molar-refractivity contribution < 1.29 is 13.9 Å². The van der Waals surface area contributed by atoms with Gasteiger partial charge in [-0.3, -0.25) is 9.78 Å². The first-order valence-corrected chi connectivity index (χ1v) is 11.4. The lowest BCUT2D eigenvalue weighted by molar-refractivity contribution is 0.0956. The Balaban J connectivity index is 1.38. The number of hydrazone groups is 1. The van der Waals surface area contributed by atoms with Gasteiger partial charge in [0.1, 0.15) is 0 Å². The monoisotopic (exact) mass is 498 g/mol. The van der Waals surface area contributed by atoms with Crippen LogP contribution >= 0.6 is 11.6 Å². The number of rotatable bonds is 8. The molecule has 35 heavy (non-hydrogen) atoms. The van der Waals surface area contributed by atoms with Crippen molar-refractivity contribution in [3.8, 4) is 0 Å². The van der Waals surface area contributed by atoms with Gasteiger partial charge >= 0.3 is 0 Å². The van der Waals surface area contributed by atoms with Gasteiger partial charge in [0.2, 0.25) is 5.95 Å². The number of carbonyl (C=O) groups is 1. The van der Waals surface area contributed by atoms with Crippen molar-refractivity contribution in [2.75, 3.05) is 48.5 Å². The zero-order valence-electron chi connectivity index (χ0n) is 19.0. The average Bonchev–Trinajstić information content (AvgIpc) is 2.86. The minimum Gasteiger partial charge on any atom is -0.378 e. The highest BCUT2D eigenvalue weighted by molar-refractivity contribution is 6.31. The molecule has 1 fully saturated rings. The second-order valence-electron chi connectivity index (χ2n) is 7.52. The molecular formula is C23H24ClFN8O2. The van der Waals surface area contributed by atoms with Gasteiger partial charge in [-0.2, -0.15) is 10.1 Å². The Morgan fingerprint density at radius 2 is 2.03 bits per heavy atom. The third-order valence-electron chi connectivity index (χ3n) is 4.97. The van der Waals surface area contributed by atoms with E-state index in [1.807, 2.05) is 17.9 Å². The molecule has 1 saturated heterocycles. The van der Waals surface area contributed by atoms with Gasteiger partial charge in [-0.25, -0.2) is 14.8 Å². The number of halogens is 2. The van der Waals surface area contributed by atoms with Crippen LogP contribution in [0.15, 0.2) is 47.8 Å². The van der Waals surface area contributed by atoms with Crippen LogP contribution in [0.4, 0.5) is 27.5 Å². The molecule has 0 saturated carbocycles. The van der Waals surface area contributed by atoms with Gasteiger partial charge in [0.15, 0.2) is 11.6 Å². The number of hydrogen-bond donors (Lipinski definition) is 3. The lowest BCUT2D eigenvalue weighted by Crippen LogP contribution is -2.37. The van der Waals surface area contributed by atoms with Gasteiger partial charge in [-0.15, -0.1) is 0 Å². The Morgan fingerprint density at radius 3 is 2.77 bits per heavy atom. The zero-order chi connectivity index (χ0) is 24.6. The minimum absolute atomic E-state index is 0.172. The van der Waals surface area contributed by atoms with Crippen molar-refractivity contribution in [1.29, 1.82) is 0 Å². The molecule has 1 aromatic carbocycles. The topological polar surface area (TPSA) is 117 Å². The van der Waals surface area contributed by atoms with Crippen LogP contribution in [-0.2, 0) is 4.74 Å². The molecule has 1 amide bonds. The van der Waals surface area contributed by atoms with E-state index in [0.717, 1.165) is 6.20 Å². The maximum Gasteiger partial charge on any atom is 0.251 e. The molecule has 0 radical (unpaired) electrons. The van der Waals surface area contributed by atoms with Crippen LogP contribution in [0.1, 0.15) is 23.0 Å². The fourth-order valence-electron chi connectivity index (χ4n) is 3.34. The number of pyridine rings is 1. The first kappa shape index (κ1) is 24.3. The van der Waals surface area contributed by atoms with Gasteiger partial charge in [-0.05, 0) is 37.3 Å². The van der Waals surface area contributed by atoms with E-state index in [4.69, 9.17) is 16.3 Å². The summed E-state index contributed by atoms with van der Waals surface area (Å²) in [6.07, 6.45) is 4.23. The van der Waals surface area contributed by atoms with Gasteiger partial charge in [0.25, 0.3) is 5.91 Å². The lowest BCUT2D eigenvalue weighted by Gasteiger charge is -2.27. The van der Waals surface area contributed by atoms with Crippen LogP contribution in [0.25, 0.3) is 0 Å². The van der Waals surface area contributed by atoms with Crippen molar-refractivity contribution in [2.45, 2.75) is 6.92 Å². The third-order valence-corrected chi connectivity index (χ3v) is 5.19. The van der Waals surface area contributed by atoms with Crippen molar-refractivity contribution >= 4 is 46.9 Å². The number of ether oxygens (including phenoxy) is 1. The zero-order valence-corrected chi connectivity index (χ0v) is 19.7. The van der Waals surface area contributed by atoms with Crippen LogP contribution in [0, 0.1) is 5.82 Å². The van der Waals surface area contributed by atoms with E-state index in [2.05, 4.69) is 36.1 Å². The molecule has 1 aliphatic heterocycles. The summed E-state index contributed by atoms with van der Waals surface area (Å²) in [6, 6.07) is 8.61. The number of carbonyl (C=O) groups excluding carboxylic acids is 1. The first-order chi connectivity index (χ1) is 17.0.